The zero-order chi connectivity index (χ0) is 17.3. The first-order chi connectivity index (χ1) is 11.5. The number of aromatic nitrogens is 2. The molecule has 2 aromatic rings. The Balaban J connectivity index is 1.77. The molecule has 0 bridgehead atoms. The van der Waals surface area contributed by atoms with Crippen LogP contribution in [-0.4, -0.2) is 47.1 Å². The Hall–Kier alpha value is -2.35. The van der Waals surface area contributed by atoms with Gasteiger partial charge in [0.2, 0.25) is 0 Å². The molecule has 7 nitrogen and oxygen atoms in total. The van der Waals surface area contributed by atoms with Gasteiger partial charge in [-0.15, -0.1) is 11.3 Å². The molecule has 1 aliphatic rings. The molecule has 2 amide bonds. The molecule has 1 fully saturated rings. The van der Waals surface area contributed by atoms with Crippen molar-refractivity contribution in [3.05, 3.63) is 33.3 Å². The molecule has 0 unspecified atom stereocenters. The van der Waals surface area contributed by atoms with Gasteiger partial charge in [0.1, 0.15) is 16.3 Å². The molecule has 3 heterocycles. The van der Waals surface area contributed by atoms with Crippen molar-refractivity contribution >= 4 is 23.2 Å². The molecule has 1 aliphatic heterocycles. The summed E-state index contributed by atoms with van der Waals surface area (Å²) in [6.45, 7) is 3.25. The lowest BCUT2D eigenvalue weighted by atomic mass is 9.94. The largest absolute Gasteiger partial charge is 0.495 e. The summed E-state index contributed by atoms with van der Waals surface area (Å²) in [5.74, 6) is 0.182. The second-order valence-corrected chi connectivity index (χ2v) is 7.17. The van der Waals surface area contributed by atoms with Crippen LogP contribution in [0.25, 0.3) is 0 Å². The van der Waals surface area contributed by atoms with Crippen molar-refractivity contribution in [3.63, 3.8) is 0 Å². The van der Waals surface area contributed by atoms with Gasteiger partial charge in [-0.3, -0.25) is 14.7 Å². The quantitative estimate of drug-likeness (QED) is 0.881. The highest BCUT2D eigenvalue weighted by atomic mass is 32.1. The maximum atomic E-state index is 12.8. The van der Waals surface area contributed by atoms with E-state index in [1.807, 2.05) is 17.9 Å². The molecule has 2 aromatic heterocycles. The number of H-pyrrole nitrogens is 1. The van der Waals surface area contributed by atoms with E-state index in [0.717, 1.165) is 23.4 Å². The lowest BCUT2D eigenvalue weighted by molar-refractivity contribution is 0.0707. The van der Waals surface area contributed by atoms with E-state index in [1.165, 1.54) is 11.3 Å². The molecular weight excluding hydrogens is 328 g/mol. The third-order valence-corrected chi connectivity index (χ3v) is 5.25. The lowest BCUT2D eigenvalue weighted by Crippen LogP contribution is -2.39. The van der Waals surface area contributed by atoms with E-state index < -0.39 is 5.91 Å². The third kappa shape index (κ3) is 3.14. The molecule has 3 rings (SSSR count). The highest BCUT2D eigenvalue weighted by Crippen LogP contribution is 2.32. The monoisotopic (exact) mass is 348 g/mol. The van der Waals surface area contributed by atoms with Crippen LogP contribution in [0.4, 0.5) is 0 Å². The number of amides is 2. The summed E-state index contributed by atoms with van der Waals surface area (Å²) in [7, 11) is 1.58. The van der Waals surface area contributed by atoms with Gasteiger partial charge in [-0.25, -0.2) is 0 Å². The Morgan fingerprint density at radius 2 is 2.25 bits per heavy atom. The fraction of sp³-hybridized carbons (Fsp3) is 0.438. The lowest BCUT2D eigenvalue weighted by Gasteiger charge is -2.32. The average Bonchev–Trinajstić information content (AvgIpc) is 3.21. The van der Waals surface area contributed by atoms with Crippen molar-refractivity contribution in [1.82, 2.24) is 15.1 Å². The first-order valence-corrected chi connectivity index (χ1v) is 8.60. The van der Waals surface area contributed by atoms with Crippen molar-refractivity contribution < 1.29 is 14.3 Å². The molecular formula is C16H20N4O3S. The van der Waals surface area contributed by atoms with Crippen molar-refractivity contribution in [3.8, 4) is 5.75 Å². The number of hydrogen-bond donors (Lipinski definition) is 2. The number of carbonyl (C=O) groups excluding carboxylic acids is 2. The summed E-state index contributed by atoms with van der Waals surface area (Å²) >= 11 is 1.45. The summed E-state index contributed by atoms with van der Waals surface area (Å²) in [6.07, 6.45) is 1.83. The maximum Gasteiger partial charge on any atom is 0.269 e. The minimum atomic E-state index is -0.556. The van der Waals surface area contributed by atoms with Gasteiger partial charge in [0, 0.05) is 29.6 Å². The summed E-state index contributed by atoms with van der Waals surface area (Å²) in [5.41, 5.74) is 6.31. The van der Waals surface area contributed by atoms with Gasteiger partial charge in [0.05, 0.1) is 7.11 Å². The number of aryl methyl sites for hydroxylation is 1. The Morgan fingerprint density at radius 1 is 1.46 bits per heavy atom. The number of primary amides is 1. The maximum absolute atomic E-state index is 12.8. The van der Waals surface area contributed by atoms with Gasteiger partial charge < -0.3 is 15.4 Å². The molecule has 0 spiro atoms. The number of methoxy groups -OCH3 is 1. The van der Waals surface area contributed by atoms with E-state index in [0.29, 0.717) is 23.7 Å². The standard InChI is InChI=1S/C16H20N4O3S/c1-9-6-13(23-2)14(24-9)16(22)20-5-3-4-10(8-20)11-7-12(15(17)21)19-18-11/h6-7,10H,3-5,8H2,1-2H3,(H2,17,21)(H,18,19)/t10-/m0/s1. The number of nitrogens with two attached hydrogens (primary N) is 1. The van der Waals surface area contributed by atoms with Crippen LogP contribution in [0.5, 0.6) is 5.75 Å². The molecule has 1 saturated heterocycles. The molecule has 1 atom stereocenters. The van der Waals surface area contributed by atoms with Crippen molar-refractivity contribution in [1.29, 1.82) is 0 Å². The number of nitrogens with zero attached hydrogens (tertiary/aromatic N) is 2. The SMILES string of the molecule is COc1cc(C)sc1C(=O)N1CCC[C@H](c2cc(C(N)=O)n[nH]2)C1. The molecule has 0 aliphatic carbocycles. The number of carbonyl (C=O) groups is 2. The summed E-state index contributed by atoms with van der Waals surface area (Å²) in [6, 6.07) is 3.56. The Bertz CT molecular complexity index is 767. The van der Waals surface area contributed by atoms with Gasteiger partial charge in [-0.1, -0.05) is 0 Å². The Labute approximate surface area is 143 Å². The second-order valence-electron chi connectivity index (χ2n) is 5.92. The first-order valence-electron chi connectivity index (χ1n) is 7.78. The highest BCUT2D eigenvalue weighted by Gasteiger charge is 2.29. The molecule has 24 heavy (non-hydrogen) atoms. The van der Waals surface area contributed by atoms with Crippen molar-refractivity contribution in [2.24, 2.45) is 5.73 Å². The van der Waals surface area contributed by atoms with E-state index in [4.69, 9.17) is 10.5 Å². The van der Waals surface area contributed by atoms with E-state index in [9.17, 15) is 9.59 Å². The number of likely N-dealkylation sites (tertiary alicyclic amines) is 1. The molecule has 8 heteroatoms. The summed E-state index contributed by atoms with van der Waals surface area (Å²) in [5, 5.41) is 6.80. The number of thiophene rings is 1. The van der Waals surface area contributed by atoms with E-state index in [1.54, 1.807) is 13.2 Å². The zero-order valence-electron chi connectivity index (χ0n) is 13.7. The summed E-state index contributed by atoms with van der Waals surface area (Å²) in [4.78, 5) is 27.6. The Morgan fingerprint density at radius 3 is 2.92 bits per heavy atom. The minimum absolute atomic E-state index is 0.00992. The fourth-order valence-corrected chi connectivity index (χ4v) is 3.97. The third-order valence-electron chi connectivity index (χ3n) is 4.23. The molecule has 0 saturated carbocycles. The number of nitrogens with one attached hydrogen (secondary N) is 1. The molecule has 128 valence electrons. The van der Waals surface area contributed by atoms with Crippen LogP contribution in [0.3, 0.4) is 0 Å². The van der Waals surface area contributed by atoms with Gasteiger partial charge in [-0.05, 0) is 31.9 Å². The first kappa shape index (κ1) is 16.5. The number of piperidine rings is 1. The predicted molar refractivity (Wildman–Crippen MR) is 90.6 cm³/mol. The number of ether oxygens (including phenoxy) is 1. The van der Waals surface area contributed by atoms with Crippen LogP contribution in [0.2, 0.25) is 0 Å². The van der Waals surface area contributed by atoms with Crippen LogP contribution in [0.1, 0.15) is 49.5 Å². The van der Waals surface area contributed by atoms with Gasteiger partial charge >= 0.3 is 0 Å². The van der Waals surface area contributed by atoms with Crippen LogP contribution in [0.15, 0.2) is 12.1 Å². The number of rotatable bonds is 4. The number of hydrogen-bond acceptors (Lipinski definition) is 5. The molecule has 3 N–H and O–H groups in total. The van der Waals surface area contributed by atoms with E-state index in [2.05, 4.69) is 10.2 Å². The number of aromatic amines is 1. The van der Waals surface area contributed by atoms with Crippen LogP contribution < -0.4 is 10.5 Å². The van der Waals surface area contributed by atoms with Crippen LogP contribution in [-0.2, 0) is 0 Å². The fourth-order valence-electron chi connectivity index (χ4n) is 3.02. The summed E-state index contributed by atoms with van der Waals surface area (Å²) < 4.78 is 5.31. The van der Waals surface area contributed by atoms with Gasteiger partial charge in [-0.2, -0.15) is 5.10 Å². The molecule has 0 radical (unpaired) electrons. The van der Waals surface area contributed by atoms with E-state index >= 15 is 0 Å². The molecule has 0 aromatic carbocycles. The zero-order valence-corrected chi connectivity index (χ0v) is 14.5. The van der Waals surface area contributed by atoms with Gasteiger partial charge in [0.15, 0.2) is 0 Å². The topological polar surface area (TPSA) is 101 Å². The van der Waals surface area contributed by atoms with E-state index in [-0.39, 0.29) is 17.5 Å². The minimum Gasteiger partial charge on any atom is -0.495 e. The second kappa shape index (κ2) is 6.64. The van der Waals surface area contributed by atoms with Gasteiger partial charge in [0.25, 0.3) is 11.8 Å². The smallest absolute Gasteiger partial charge is 0.269 e. The van der Waals surface area contributed by atoms with Crippen molar-refractivity contribution in [2.45, 2.75) is 25.7 Å². The highest BCUT2D eigenvalue weighted by molar-refractivity contribution is 7.14. The van der Waals surface area contributed by atoms with Crippen molar-refractivity contribution in [2.75, 3.05) is 20.2 Å². The van der Waals surface area contributed by atoms with Crippen LogP contribution >= 0.6 is 11.3 Å². The Kier molecular flexibility index (Phi) is 4.57. The van der Waals surface area contributed by atoms with Crippen LogP contribution in [0, 0.1) is 6.92 Å². The normalized spacial score (nSPS) is 17.8. The predicted octanol–water partition coefficient (Wildman–Crippen LogP) is 1.91. The average molecular weight is 348 g/mol.